The lowest BCUT2D eigenvalue weighted by Gasteiger charge is -2.21. The Balaban J connectivity index is 4.91. The Morgan fingerprint density at radius 2 is 1.86 bits per heavy atom. The zero-order valence-corrected chi connectivity index (χ0v) is 11.9. The smallest absolute Gasteiger partial charge is 0.423 e. The van der Waals surface area contributed by atoms with Gasteiger partial charge in [-0.2, -0.15) is 13.2 Å². The predicted molar refractivity (Wildman–Crippen MR) is 68.2 cm³/mol. The Hall–Kier alpha value is -1.97. The molecule has 0 aromatic carbocycles. The maximum absolute atomic E-state index is 12.2. The van der Waals surface area contributed by atoms with Gasteiger partial charge in [-0.3, -0.25) is 9.59 Å². The van der Waals surface area contributed by atoms with Crippen molar-refractivity contribution in [3.05, 3.63) is 0 Å². The second-order valence-electron chi connectivity index (χ2n) is 4.64. The van der Waals surface area contributed by atoms with Gasteiger partial charge in [-0.1, -0.05) is 0 Å². The van der Waals surface area contributed by atoms with Crippen LogP contribution in [0.5, 0.6) is 0 Å². The number of alkyl halides is 3. The minimum Gasteiger partial charge on any atom is -0.461 e. The zero-order valence-electron chi connectivity index (χ0n) is 11.9. The number of hydrogen-bond donors (Lipinski definition) is 3. The van der Waals surface area contributed by atoms with Crippen molar-refractivity contribution in [1.29, 1.82) is 5.41 Å². The van der Waals surface area contributed by atoms with Crippen LogP contribution in [0.4, 0.5) is 13.2 Å². The molecule has 0 aromatic heterocycles. The molecular weight excluding hydrogens is 309 g/mol. The number of aliphatic hydroxyl groups is 1. The second kappa shape index (κ2) is 8.47. The van der Waals surface area contributed by atoms with Crippen LogP contribution in [-0.2, 0) is 19.1 Å². The van der Waals surface area contributed by atoms with Gasteiger partial charge in [0.2, 0.25) is 6.10 Å². The number of carbonyl (C=O) groups excluding carboxylic acids is 3. The molecule has 0 saturated carbocycles. The van der Waals surface area contributed by atoms with Crippen LogP contribution in [0.25, 0.3) is 0 Å². The first-order chi connectivity index (χ1) is 9.98. The maximum Gasteiger partial charge on any atom is 0.423 e. The molecule has 0 aliphatic rings. The molecule has 0 heterocycles. The van der Waals surface area contributed by atoms with E-state index in [0.717, 1.165) is 0 Å². The van der Waals surface area contributed by atoms with Crippen LogP contribution >= 0.6 is 0 Å². The fourth-order valence-corrected chi connectivity index (χ4v) is 1.32. The summed E-state index contributed by atoms with van der Waals surface area (Å²) in [6, 6.07) is -1.53. The van der Waals surface area contributed by atoms with Crippen LogP contribution in [0.3, 0.4) is 0 Å². The molecule has 126 valence electrons. The molecule has 0 unspecified atom stereocenters. The van der Waals surface area contributed by atoms with Gasteiger partial charge in [0.15, 0.2) is 5.78 Å². The van der Waals surface area contributed by atoms with Crippen LogP contribution in [0.2, 0.25) is 0 Å². The number of ketones is 1. The van der Waals surface area contributed by atoms with E-state index in [-0.39, 0.29) is 12.8 Å². The first-order valence-corrected chi connectivity index (χ1v) is 6.28. The third kappa shape index (κ3) is 7.16. The monoisotopic (exact) mass is 326 g/mol. The van der Waals surface area contributed by atoms with Gasteiger partial charge in [-0.15, -0.1) is 0 Å². The van der Waals surface area contributed by atoms with Gasteiger partial charge in [0, 0.05) is 6.42 Å². The Bertz CT molecular complexity index is 437. The van der Waals surface area contributed by atoms with Crippen molar-refractivity contribution in [2.75, 3.05) is 0 Å². The van der Waals surface area contributed by atoms with Crippen molar-refractivity contribution in [3.63, 3.8) is 0 Å². The predicted octanol–water partition coefficient (Wildman–Crippen LogP) is 0.345. The van der Waals surface area contributed by atoms with Crippen LogP contribution in [0.1, 0.15) is 26.7 Å². The summed E-state index contributed by atoms with van der Waals surface area (Å²) in [5.41, 5.74) is 0. The Morgan fingerprint density at radius 1 is 1.32 bits per heavy atom. The number of esters is 1. The van der Waals surface area contributed by atoms with Crippen LogP contribution in [-0.4, -0.2) is 53.4 Å². The van der Waals surface area contributed by atoms with Crippen LogP contribution in [0, 0.1) is 5.41 Å². The van der Waals surface area contributed by atoms with Gasteiger partial charge in [0.1, 0.15) is 6.04 Å². The number of carbonyl (C=O) groups is 3. The van der Waals surface area contributed by atoms with Gasteiger partial charge in [-0.05, 0) is 20.3 Å². The maximum atomic E-state index is 12.2. The van der Waals surface area contributed by atoms with Gasteiger partial charge in [0.25, 0.3) is 5.91 Å². The standard InChI is InChI=1S/C12H17F3N2O5/c1-6(2)22-11(21)8(4-3-7(18)5-16)17-10(20)9(19)12(13,14)15/h5-6,8-9,16,19H,3-4H2,1-2H3,(H,17,20)/t8-,9-/m0/s1. The van der Waals surface area contributed by atoms with E-state index in [1.807, 2.05) is 0 Å². The van der Waals surface area contributed by atoms with E-state index in [0.29, 0.717) is 6.21 Å². The third-order valence-electron chi connectivity index (χ3n) is 2.35. The Morgan fingerprint density at radius 3 is 2.27 bits per heavy atom. The Kier molecular flexibility index (Phi) is 7.71. The summed E-state index contributed by atoms with van der Waals surface area (Å²) in [5, 5.41) is 17.2. The fourth-order valence-electron chi connectivity index (χ4n) is 1.32. The number of amides is 1. The quantitative estimate of drug-likeness (QED) is 0.439. The van der Waals surface area contributed by atoms with E-state index in [1.165, 1.54) is 13.8 Å². The number of hydrogen-bond acceptors (Lipinski definition) is 6. The molecule has 10 heteroatoms. The summed E-state index contributed by atoms with van der Waals surface area (Å²) in [6.07, 6.45) is -9.27. The summed E-state index contributed by atoms with van der Waals surface area (Å²) in [7, 11) is 0. The van der Waals surface area contributed by atoms with Crippen molar-refractivity contribution < 1.29 is 37.4 Å². The fraction of sp³-hybridized carbons (Fsp3) is 0.667. The summed E-state index contributed by atoms with van der Waals surface area (Å²) in [4.78, 5) is 34.0. The van der Waals surface area contributed by atoms with E-state index in [2.05, 4.69) is 0 Å². The molecule has 0 radical (unpaired) electrons. The molecular formula is C12H17F3N2O5. The van der Waals surface area contributed by atoms with Gasteiger partial charge in [-0.25, -0.2) is 4.79 Å². The molecule has 0 spiro atoms. The first-order valence-electron chi connectivity index (χ1n) is 6.28. The summed E-state index contributed by atoms with van der Waals surface area (Å²) < 4.78 is 41.4. The zero-order chi connectivity index (χ0) is 17.5. The normalized spacial score (nSPS) is 14.1. The number of Topliss-reactive ketones (excluding diaryl/α,β-unsaturated/α-hetero) is 1. The summed E-state index contributed by atoms with van der Waals surface area (Å²) in [5.74, 6) is -3.52. The van der Waals surface area contributed by atoms with Crippen molar-refractivity contribution in [1.82, 2.24) is 5.32 Å². The molecule has 0 fully saturated rings. The van der Waals surface area contributed by atoms with Crippen LogP contribution in [0.15, 0.2) is 0 Å². The SMILES string of the molecule is CC(C)OC(=O)[C@H](CCC(=O)C=N)NC(=O)[C@H](O)C(F)(F)F. The van der Waals surface area contributed by atoms with E-state index < -0.39 is 42.1 Å². The van der Waals surface area contributed by atoms with Gasteiger partial charge < -0.3 is 20.6 Å². The largest absolute Gasteiger partial charge is 0.461 e. The number of aliphatic hydroxyl groups excluding tert-OH is 1. The van der Waals surface area contributed by atoms with Gasteiger partial charge >= 0.3 is 12.1 Å². The lowest BCUT2D eigenvalue weighted by atomic mass is 10.1. The molecule has 0 aliphatic carbocycles. The molecule has 22 heavy (non-hydrogen) atoms. The van der Waals surface area contributed by atoms with E-state index in [9.17, 15) is 27.6 Å². The molecule has 0 bridgehead atoms. The number of rotatable bonds is 8. The van der Waals surface area contributed by atoms with Crippen molar-refractivity contribution >= 4 is 23.9 Å². The molecule has 0 aromatic rings. The molecule has 2 atom stereocenters. The topological polar surface area (TPSA) is 117 Å². The highest BCUT2D eigenvalue weighted by Gasteiger charge is 2.44. The molecule has 0 aliphatic heterocycles. The summed E-state index contributed by atoms with van der Waals surface area (Å²) >= 11 is 0. The average molecular weight is 326 g/mol. The van der Waals surface area contributed by atoms with Crippen molar-refractivity contribution in [2.24, 2.45) is 0 Å². The minimum atomic E-state index is -5.18. The van der Waals surface area contributed by atoms with Crippen molar-refractivity contribution in [2.45, 2.75) is 51.1 Å². The van der Waals surface area contributed by atoms with E-state index in [4.69, 9.17) is 15.3 Å². The highest BCUT2D eigenvalue weighted by molar-refractivity contribution is 6.26. The number of halogens is 3. The number of ether oxygens (including phenoxy) is 1. The summed E-state index contributed by atoms with van der Waals surface area (Å²) in [6.45, 7) is 2.98. The van der Waals surface area contributed by atoms with E-state index >= 15 is 0 Å². The molecule has 7 nitrogen and oxygen atoms in total. The minimum absolute atomic E-state index is 0.343. The molecule has 0 saturated heterocycles. The first kappa shape index (κ1) is 20.0. The molecule has 0 rings (SSSR count). The lowest BCUT2D eigenvalue weighted by molar-refractivity contribution is -0.205. The molecule has 1 amide bonds. The Labute approximate surface area is 124 Å². The lowest BCUT2D eigenvalue weighted by Crippen LogP contribution is -2.51. The third-order valence-corrected chi connectivity index (χ3v) is 2.35. The second-order valence-corrected chi connectivity index (χ2v) is 4.64. The van der Waals surface area contributed by atoms with Crippen LogP contribution < -0.4 is 5.32 Å². The number of nitrogens with one attached hydrogen (secondary N) is 2. The average Bonchev–Trinajstić information content (AvgIpc) is 2.39. The highest BCUT2D eigenvalue weighted by atomic mass is 19.4. The van der Waals surface area contributed by atoms with Crippen molar-refractivity contribution in [3.8, 4) is 0 Å². The molecule has 3 N–H and O–H groups in total. The van der Waals surface area contributed by atoms with Gasteiger partial charge in [0.05, 0.1) is 12.3 Å². The van der Waals surface area contributed by atoms with E-state index in [1.54, 1.807) is 5.32 Å². The highest BCUT2D eigenvalue weighted by Crippen LogP contribution is 2.20.